The molecule has 0 aromatic heterocycles. The van der Waals surface area contributed by atoms with E-state index in [1.165, 1.54) is 23.5 Å². The third-order valence-corrected chi connectivity index (χ3v) is 3.07. The highest BCUT2D eigenvalue weighted by atomic mass is 32.2. The highest BCUT2D eigenvalue weighted by Crippen LogP contribution is 2.10. The molecule has 0 N–H and O–H groups in total. The van der Waals surface area contributed by atoms with Gasteiger partial charge in [0, 0.05) is 0 Å². The van der Waals surface area contributed by atoms with Gasteiger partial charge in [-0.05, 0) is 35.8 Å². The number of aryl methyl sites for hydroxylation is 1. The van der Waals surface area contributed by atoms with E-state index in [0.29, 0.717) is 5.92 Å². The van der Waals surface area contributed by atoms with Crippen molar-refractivity contribution in [2.45, 2.75) is 12.8 Å². The lowest BCUT2D eigenvalue weighted by Crippen LogP contribution is -1.93. The number of hydrogen-bond acceptors (Lipinski definition) is 1. The Morgan fingerprint density at radius 3 is 2.43 bits per heavy atom. The molecule has 0 heterocycles. The van der Waals surface area contributed by atoms with Crippen LogP contribution in [0.25, 0.3) is 0 Å². The van der Waals surface area contributed by atoms with Gasteiger partial charge in [0.15, 0.2) is 0 Å². The lowest BCUT2D eigenvalue weighted by atomic mass is 10.2. The third kappa shape index (κ3) is 5.33. The maximum absolute atomic E-state index is 3.87. The van der Waals surface area contributed by atoms with Gasteiger partial charge in [0.1, 0.15) is 0 Å². The first kappa shape index (κ1) is 11.6. The van der Waals surface area contributed by atoms with Crippen LogP contribution in [-0.2, 0) is 6.42 Å². The summed E-state index contributed by atoms with van der Waals surface area (Å²) in [5, 5.41) is 0. The molecule has 0 aliphatic heterocycles. The van der Waals surface area contributed by atoms with E-state index < -0.39 is 0 Å². The van der Waals surface area contributed by atoms with Crippen molar-refractivity contribution in [3.8, 4) is 0 Å². The molecular weight excluding hydrogens is 188 g/mol. The molecule has 1 rings (SSSR count). The Balaban J connectivity index is 2.05. The first-order valence-electron chi connectivity index (χ1n) is 5.07. The SMILES string of the molecule is [CH2]C([CH2])CCSCCc1ccccc1. The van der Waals surface area contributed by atoms with Crippen molar-refractivity contribution in [1.82, 2.24) is 0 Å². The fraction of sp³-hybridized carbons (Fsp3) is 0.385. The van der Waals surface area contributed by atoms with Crippen molar-refractivity contribution < 1.29 is 0 Å². The smallest absolute Gasteiger partial charge is 0.00270 e. The predicted molar refractivity (Wildman–Crippen MR) is 66.3 cm³/mol. The fourth-order valence-corrected chi connectivity index (χ4v) is 2.27. The van der Waals surface area contributed by atoms with Crippen molar-refractivity contribution >= 4 is 11.8 Å². The second kappa shape index (κ2) is 6.94. The van der Waals surface area contributed by atoms with Crippen molar-refractivity contribution in [3.05, 3.63) is 49.7 Å². The summed E-state index contributed by atoms with van der Waals surface area (Å²) in [6.45, 7) is 7.74. The Labute approximate surface area is 92.1 Å². The topological polar surface area (TPSA) is 0 Å². The Bertz CT molecular complexity index is 228. The van der Waals surface area contributed by atoms with Gasteiger partial charge in [-0.2, -0.15) is 11.8 Å². The van der Waals surface area contributed by atoms with E-state index >= 15 is 0 Å². The van der Waals surface area contributed by atoms with Crippen LogP contribution in [0.1, 0.15) is 12.0 Å². The third-order valence-electron chi connectivity index (χ3n) is 2.05. The van der Waals surface area contributed by atoms with Gasteiger partial charge in [0.25, 0.3) is 0 Å². The van der Waals surface area contributed by atoms with Gasteiger partial charge in [0.05, 0.1) is 0 Å². The number of hydrogen-bond donors (Lipinski definition) is 0. The molecule has 1 aromatic carbocycles. The molecule has 0 aliphatic rings. The summed E-state index contributed by atoms with van der Waals surface area (Å²) in [4.78, 5) is 0. The molecule has 0 amide bonds. The van der Waals surface area contributed by atoms with Crippen molar-refractivity contribution in [1.29, 1.82) is 0 Å². The highest BCUT2D eigenvalue weighted by molar-refractivity contribution is 7.99. The minimum Gasteiger partial charge on any atom is -0.162 e. The van der Waals surface area contributed by atoms with Gasteiger partial charge in [-0.15, -0.1) is 0 Å². The zero-order chi connectivity index (χ0) is 10.2. The summed E-state index contributed by atoms with van der Waals surface area (Å²) in [5.41, 5.74) is 1.43. The molecule has 76 valence electrons. The summed E-state index contributed by atoms with van der Waals surface area (Å²) in [6, 6.07) is 10.6. The maximum atomic E-state index is 3.87. The Morgan fingerprint density at radius 1 is 1.07 bits per heavy atom. The molecule has 0 fully saturated rings. The quantitative estimate of drug-likeness (QED) is 0.640. The van der Waals surface area contributed by atoms with Gasteiger partial charge in [-0.1, -0.05) is 44.2 Å². The normalized spacial score (nSPS) is 10.8. The summed E-state index contributed by atoms with van der Waals surface area (Å²) in [7, 11) is 0. The number of thioether (sulfide) groups is 1. The zero-order valence-electron chi connectivity index (χ0n) is 8.61. The van der Waals surface area contributed by atoms with Crippen LogP contribution in [0.3, 0.4) is 0 Å². The van der Waals surface area contributed by atoms with E-state index in [-0.39, 0.29) is 0 Å². The van der Waals surface area contributed by atoms with Crippen LogP contribution in [0.4, 0.5) is 0 Å². The second-order valence-corrected chi connectivity index (χ2v) is 4.73. The fourth-order valence-electron chi connectivity index (χ4n) is 1.19. The zero-order valence-corrected chi connectivity index (χ0v) is 9.43. The Morgan fingerprint density at radius 2 is 1.79 bits per heavy atom. The van der Waals surface area contributed by atoms with Crippen LogP contribution < -0.4 is 0 Å². The molecule has 0 atom stereocenters. The van der Waals surface area contributed by atoms with Gasteiger partial charge in [-0.25, -0.2) is 0 Å². The summed E-state index contributed by atoms with van der Waals surface area (Å²) in [5.74, 6) is 2.74. The van der Waals surface area contributed by atoms with E-state index in [0.717, 1.165) is 6.42 Å². The standard InChI is InChI=1S/C13H18S/c1-12(2)8-10-14-11-9-13-6-4-3-5-7-13/h3-7,12H,1-2,8-11H2. The largest absolute Gasteiger partial charge is 0.162 e. The lowest BCUT2D eigenvalue weighted by molar-refractivity contribution is 0.775. The summed E-state index contributed by atoms with van der Waals surface area (Å²) < 4.78 is 0. The first-order chi connectivity index (χ1) is 6.79. The second-order valence-electron chi connectivity index (χ2n) is 3.50. The summed E-state index contributed by atoms with van der Waals surface area (Å²) >= 11 is 2.00. The van der Waals surface area contributed by atoms with Crippen LogP contribution >= 0.6 is 11.8 Å². The molecule has 2 radical (unpaired) electrons. The minimum absolute atomic E-state index is 0.347. The molecule has 0 aliphatic carbocycles. The lowest BCUT2D eigenvalue weighted by Gasteiger charge is -2.04. The van der Waals surface area contributed by atoms with Crippen LogP contribution in [0.5, 0.6) is 0 Å². The van der Waals surface area contributed by atoms with E-state index in [2.05, 4.69) is 44.2 Å². The van der Waals surface area contributed by atoms with Crippen LogP contribution in [-0.4, -0.2) is 11.5 Å². The van der Waals surface area contributed by atoms with Gasteiger partial charge in [-0.3, -0.25) is 0 Å². The molecule has 0 nitrogen and oxygen atoms in total. The van der Waals surface area contributed by atoms with E-state index in [1.807, 2.05) is 11.8 Å². The molecule has 14 heavy (non-hydrogen) atoms. The molecule has 1 heteroatoms. The van der Waals surface area contributed by atoms with Crippen molar-refractivity contribution in [2.24, 2.45) is 5.92 Å². The van der Waals surface area contributed by atoms with Crippen molar-refractivity contribution in [3.63, 3.8) is 0 Å². The number of benzene rings is 1. The minimum atomic E-state index is 0.347. The van der Waals surface area contributed by atoms with Crippen molar-refractivity contribution in [2.75, 3.05) is 11.5 Å². The average Bonchev–Trinajstić information content (AvgIpc) is 2.18. The monoisotopic (exact) mass is 206 g/mol. The average molecular weight is 206 g/mol. The predicted octanol–water partition coefficient (Wildman–Crippen LogP) is 3.64. The highest BCUT2D eigenvalue weighted by Gasteiger charge is 1.95. The van der Waals surface area contributed by atoms with Crippen LogP contribution in [0.2, 0.25) is 0 Å². The van der Waals surface area contributed by atoms with Crippen LogP contribution in [0.15, 0.2) is 30.3 Å². The molecule has 0 bridgehead atoms. The number of rotatable bonds is 6. The Hall–Kier alpha value is -0.430. The molecular formula is C13H18S. The van der Waals surface area contributed by atoms with E-state index in [1.54, 1.807) is 0 Å². The molecule has 0 unspecified atom stereocenters. The molecule has 0 saturated carbocycles. The first-order valence-corrected chi connectivity index (χ1v) is 6.22. The van der Waals surface area contributed by atoms with Gasteiger partial charge in [0.2, 0.25) is 0 Å². The van der Waals surface area contributed by atoms with Gasteiger partial charge < -0.3 is 0 Å². The molecule has 0 spiro atoms. The maximum Gasteiger partial charge on any atom is -0.00270 e. The van der Waals surface area contributed by atoms with E-state index in [4.69, 9.17) is 0 Å². The summed E-state index contributed by atoms with van der Waals surface area (Å²) in [6.07, 6.45) is 2.30. The van der Waals surface area contributed by atoms with Gasteiger partial charge >= 0.3 is 0 Å². The van der Waals surface area contributed by atoms with Crippen LogP contribution in [0, 0.1) is 19.8 Å². The molecule has 0 saturated heterocycles. The Kier molecular flexibility index (Phi) is 5.77. The van der Waals surface area contributed by atoms with E-state index in [9.17, 15) is 0 Å². The molecule has 1 aromatic rings.